The van der Waals surface area contributed by atoms with E-state index in [9.17, 15) is 0 Å². The van der Waals surface area contributed by atoms with Crippen LogP contribution < -0.4 is 4.90 Å². The number of hydrogen-bond donors (Lipinski definition) is 0. The summed E-state index contributed by atoms with van der Waals surface area (Å²) < 4.78 is 0. The Labute approximate surface area is 128 Å². The van der Waals surface area contributed by atoms with Crippen LogP contribution in [0.5, 0.6) is 0 Å². The van der Waals surface area contributed by atoms with E-state index in [1.54, 1.807) is 0 Å². The van der Waals surface area contributed by atoms with Crippen LogP contribution in [0.1, 0.15) is 11.1 Å². The molecule has 0 atom stereocenters. The van der Waals surface area contributed by atoms with E-state index in [0.29, 0.717) is 6.04 Å². The van der Waals surface area contributed by atoms with Crippen LogP contribution in [-0.4, -0.2) is 38.1 Å². The summed E-state index contributed by atoms with van der Waals surface area (Å²) in [4.78, 5) is 4.85. The summed E-state index contributed by atoms with van der Waals surface area (Å²) in [7, 11) is 4.29. The van der Waals surface area contributed by atoms with Gasteiger partial charge in [0.25, 0.3) is 0 Å². The van der Waals surface area contributed by atoms with Gasteiger partial charge in [-0.2, -0.15) is 0 Å². The van der Waals surface area contributed by atoms with E-state index >= 15 is 0 Å². The summed E-state index contributed by atoms with van der Waals surface area (Å²) in [6.45, 7) is 2.16. The lowest BCUT2D eigenvalue weighted by Crippen LogP contribution is -2.40. The normalized spacial score (nSPS) is 14.4. The van der Waals surface area contributed by atoms with E-state index in [4.69, 9.17) is 0 Å². The Morgan fingerprint density at radius 3 is 1.95 bits per heavy atom. The highest BCUT2D eigenvalue weighted by Crippen LogP contribution is 2.28. The van der Waals surface area contributed by atoms with Crippen molar-refractivity contribution in [2.75, 3.05) is 32.1 Å². The highest BCUT2D eigenvalue weighted by Gasteiger charge is 2.26. The maximum absolute atomic E-state index is 2.58. The number of hydrogen-bond acceptors (Lipinski definition) is 2. The van der Waals surface area contributed by atoms with Crippen molar-refractivity contribution in [3.8, 4) is 0 Å². The molecule has 2 aromatic rings. The fourth-order valence-corrected chi connectivity index (χ4v) is 3.21. The maximum Gasteiger partial charge on any atom is 0.0371 e. The zero-order valence-corrected chi connectivity index (χ0v) is 13.0. The van der Waals surface area contributed by atoms with E-state index < -0.39 is 0 Å². The van der Waals surface area contributed by atoms with Crippen molar-refractivity contribution in [3.63, 3.8) is 0 Å². The first-order chi connectivity index (χ1) is 10.2. The van der Waals surface area contributed by atoms with Crippen LogP contribution in [-0.2, 0) is 12.8 Å². The molecule has 0 aromatic heterocycles. The van der Waals surface area contributed by atoms with Gasteiger partial charge in [-0.25, -0.2) is 0 Å². The first-order valence-electron chi connectivity index (χ1n) is 7.77. The van der Waals surface area contributed by atoms with Gasteiger partial charge in [-0.3, -0.25) is 0 Å². The van der Waals surface area contributed by atoms with Crippen LogP contribution in [0.15, 0.2) is 54.6 Å². The average molecular weight is 280 g/mol. The quantitative estimate of drug-likeness (QED) is 0.830. The Kier molecular flexibility index (Phi) is 4.26. The second-order valence-electron chi connectivity index (χ2n) is 6.16. The molecule has 2 aromatic carbocycles. The highest BCUT2D eigenvalue weighted by atomic mass is 15.2. The fourth-order valence-electron chi connectivity index (χ4n) is 3.21. The van der Waals surface area contributed by atoms with Gasteiger partial charge in [0.05, 0.1) is 0 Å². The van der Waals surface area contributed by atoms with E-state index in [1.165, 1.54) is 29.7 Å². The fraction of sp³-hybridized carbons (Fsp3) is 0.368. The first kappa shape index (κ1) is 14.2. The van der Waals surface area contributed by atoms with Crippen LogP contribution in [0.2, 0.25) is 0 Å². The number of likely N-dealkylation sites (N-methyl/N-ethyl adjacent to an activating group) is 1. The number of para-hydroxylation sites is 1. The van der Waals surface area contributed by atoms with Crippen LogP contribution in [0.3, 0.4) is 0 Å². The van der Waals surface area contributed by atoms with Crippen molar-refractivity contribution in [1.29, 1.82) is 0 Å². The van der Waals surface area contributed by atoms with E-state index in [2.05, 4.69) is 78.5 Å². The molecule has 0 amide bonds. The monoisotopic (exact) mass is 280 g/mol. The van der Waals surface area contributed by atoms with Gasteiger partial charge in [0.2, 0.25) is 0 Å². The molecule has 21 heavy (non-hydrogen) atoms. The molecular weight excluding hydrogens is 256 g/mol. The molecule has 0 spiro atoms. The molecular formula is C19H24N2. The molecule has 110 valence electrons. The number of anilines is 1. The third kappa shape index (κ3) is 3.27. The van der Waals surface area contributed by atoms with Crippen molar-refractivity contribution < 1.29 is 0 Å². The lowest BCUT2D eigenvalue weighted by atomic mass is 10.1. The first-order valence-corrected chi connectivity index (χ1v) is 7.77. The summed E-state index contributed by atoms with van der Waals surface area (Å²) >= 11 is 0. The SMILES string of the molecule is CN(C)CCN(c1ccccc1)C1Cc2ccccc2C1. The second kappa shape index (κ2) is 6.31. The molecule has 1 aliphatic carbocycles. The van der Waals surface area contributed by atoms with Crippen LogP contribution in [0.25, 0.3) is 0 Å². The molecule has 0 heterocycles. The second-order valence-corrected chi connectivity index (χ2v) is 6.16. The molecule has 0 saturated heterocycles. The maximum atomic E-state index is 2.58. The van der Waals surface area contributed by atoms with E-state index in [-0.39, 0.29) is 0 Å². The molecule has 1 aliphatic rings. The standard InChI is InChI=1S/C19H24N2/c1-20(2)12-13-21(18-10-4-3-5-11-18)19-14-16-8-6-7-9-17(16)15-19/h3-11,19H,12-15H2,1-2H3. The van der Waals surface area contributed by atoms with Gasteiger partial charge in [0.15, 0.2) is 0 Å². The number of benzene rings is 2. The van der Waals surface area contributed by atoms with Gasteiger partial charge in [-0.1, -0.05) is 42.5 Å². The van der Waals surface area contributed by atoms with Crippen molar-refractivity contribution in [2.24, 2.45) is 0 Å². The zero-order valence-electron chi connectivity index (χ0n) is 13.0. The van der Waals surface area contributed by atoms with Gasteiger partial charge >= 0.3 is 0 Å². The van der Waals surface area contributed by atoms with Crippen molar-refractivity contribution in [1.82, 2.24) is 4.90 Å². The predicted molar refractivity (Wildman–Crippen MR) is 90.0 cm³/mol. The van der Waals surface area contributed by atoms with Crippen molar-refractivity contribution in [3.05, 3.63) is 65.7 Å². The van der Waals surface area contributed by atoms with Crippen LogP contribution in [0, 0.1) is 0 Å². The Morgan fingerprint density at radius 1 is 0.810 bits per heavy atom. The number of fused-ring (bicyclic) bond motifs is 1. The minimum absolute atomic E-state index is 0.588. The molecule has 2 nitrogen and oxygen atoms in total. The van der Waals surface area contributed by atoms with Crippen LogP contribution >= 0.6 is 0 Å². The molecule has 2 heteroatoms. The third-order valence-corrected chi connectivity index (χ3v) is 4.35. The van der Waals surface area contributed by atoms with Gasteiger partial charge in [-0.15, -0.1) is 0 Å². The largest absolute Gasteiger partial charge is 0.367 e. The smallest absolute Gasteiger partial charge is 0.0371 e. The lowest BCUT2D eigenvalue weighted by molar-refractivity contribution is 0.405. The summed E-state index contributed by atoms with van der Waals surface area (Å²) in [5, 5.41) is 0. The Morgan fingerprint density at radius 2 is 1.38 bits per heavy atom. The molecule has 0 saturated carbocycles. The van der Waals surface area contributed by atoms with Gasteiger partial charge in [0.1, 0.15) is 0 Å². The highest BCUT2D eigenvalue weighted by molar-refractivity contribution is 5.49. The van der Waals surface area contributed by atoms with Gasteiger partial charge in [0, 0.05) is 24.8 Å². The van der Waals surface area contributed by atoms with Gasteiger partial charge < -0.3 is 9.80 Å². The molecule has 0 radical (unpaired) electrons. The van der Waals surface area contributed by atoms with Crippen molar-refractivity contribution in [2.45, 2.75) is 18.9 Å². The summed E-state index contributed by atoms with van der Waals surface area (Å²) in [6, 6.07) is 20.3. The molecule has 0 fully saturated rings. The van der Waals surface area contributed by atoms with E-state index in [1.807, 2.05) is 0 Å². The third-order valence-electron chi connectivity index (χ3n) is 4.35. The number of nitrogens with zero attached hydrogens (tertiary/aromatic N) is 2. The minimum Gasteiger partial charge on any atom is -0.367 e. The molecule has 0 unspecified atom stereocenters. The lowest BCUT2D eigenvalue weighted by Gasteiger charge is -2.32. The number of rotatable bonds is 5. The topological polar surface area (TPSA) is 6.48 Å². The van der Waals surface area contributed by atoms with Crippen LogP contribution in [0.4, 0.5) is 5.69 Å². The van der Waals surface area contributed by atoms with E-state index in [0.717, 1.165) is 13.1 Å². The minimum atomic E-state index is 0.588. The summed E-state index contributed by atoms with van der Waals surface area (Å²) in [5.74, 6) is 0. The average Bonchev–Trinajstić information content (AvgIpc) is 2.92. The zero-order chi connectivity index (χ0) is 14.7. The molecule has 3 rings (SSSR count). The van der Waals surface area contributed by atoms with Gasteiger partial charge in [-0.05, 0) is 50.2 Å². The Hall–Kier alpha value is -1.80. The Balaban J connectivity index is 1.80. The molecule has 0 bridgehead atoms. The predicted octanol–water partition coefficient (Wildman–Crippen LogP) is 3.22. The Bertz CT molecular complexity index is 552. The summed E-state index contributed by atoms with van der Waals surface area (Å²) in [5.41, 5.74) is 4.39. The molecule has 0 aliphatic heterocycles. The summed E-state index contributed by atoms with van der Waals surface area (Å²) in [6.07, 6.45) is 2.33. The van der Waals surface area contributed by atoms with Crippen molar-refractivity contribution >= 4 is 5.69 Å². The molecule has 0 N–H and O–H groups in total.